The predicted molar refractivity (Wildman–Crippen MR) is 90.3 cm³/mol. The highest BCUT2D eigenvalue weighted by atomic mass is 35.5. The van der Waals surface area contributed by atoms with Gasteiger partial charge in [-0.1, -0.05) is 13.8 Å². The maximum atomic E-state index is 5.61. The van der Waals surface area contributed by atoms with E-state index in [0.717, 1.165) is 30.9 Å². The van der Waals surface area contributed by atoms with Crippen molar-refractivity contribution in [3.63, 3.8) is 0 Å². The van der Waals surface area contributed by atoms with E-state index in [2.05, 4.69) is 18.7 Å². The summed E-state index contributed by atoms with van der Waals surface area (Å²) in [5.74, 6) is 0.859. The Hall–Kier alpha value is -0.840. The zero-order chi connectivity index (χ0) is 14.1. The number of rotatable bonds is 8. The van der Waals surface area contributed by atoms with Gasteiger partial charge in [0.25, 0.3) is 0 Å². The number of likely N-dealkylation sites (N-methyl/N-ethyl adjacent to an activating group) is 1. The number of benzene rings is 1. The minimum atomic E-state index is 0. The van der Waals surface area contributed by atoms with E-state index in [1.165, 1.54) is 0 Å². The Morgan fingerprint density at radius 2 is 1.70 bits per heavy atom. The standard InChI is InChI=1S/C15H23NO2S.ClH/c1-4-16(5-2)11-12-18-15(19)13-7-9-14(10-8-13)17-6-3;/h7-10H,4-6,11-12H2,1-3H3;1H. The summed E-state index contributed by atoms with van der Waals surface area (Å²) >= 11 is 5.27. The zero-order valence-electron chi connectivity index (χ0n) is 12.4. The molecule has 3 nitrogen and oxygen atoms in total. The molecule has 1 rings (SSSR count). The van der Waals surface area contributed by atoms with E-state index in [-0.39, 0.29) is 12.4 Å². The number of thiocarbonyl (C=S) groups is 1. The van der Waals surface area contributed by atoms with Gasteiger partial charge in [-0.15, -0.1) is 12.4 Å². The molecule has 0 unspecified atom stereocenters. The molecule has 0 saturated heterocycles. The average Bonchev–Trinajstić information content (AvgIpc) is 2.44. The Morgan fingerprint density at radius 1 is 1.10 bits per heavy atom. The SMILES string of the molecule is CCOc1ccc(C(=S)OCCN(CC)CC)cc1.Cl. The molecule has 0 fully saturated rings. The Labute approximate surface area is 133 Å². The van der Waals surface area contributed by atoms with Crippen LogP contribution in [0.3, 0.4) is 0 Å². The monoisotopic (exact) mass is 317 g/mol. The van der Waals surface area contributed by atoms with Gasteiger partial charge in [0, 0.05) is 12.1 Å². The minimum Gasteiger partial charge on any atom is -0.494 e. The molecule has 0 spiro atoms. The van der Waals surface area contributed by atoms with Crippen molar-refractivity contribution in [2.24, 2.45) is 0 Å². The van der Waals surface area contributed by atoms with Crippen LogP contribution >= 0.6 is 24.6 Å². The van der Waals surface area contributed by atoms with E-state index >= 15 is 0 Å². The number of hydrogen-bond donors (Lipinski definition) is 0. The van der Waals surface area contributed by atoms with Crippen LogP contribution in [0.25, 0.3) is 0 Å². The summed E-state index contributed by atoms with van der Waals surface area (Å²) in [6.07, 6.45) is 0. The first-order chi connectivity index (χ1) is 9.21. The molecule has 5 heteroatoms. The number of nitrogens with zero attached hydrogens (tertiary/aromatic N) is 1. The second-order valence-electron chi connectivity index (χ2n) is 4.12. The molecule has 0 bridgehead atoms. The van der Waals surface area contributed by atoms with Crippen molar-refractivity contribution in [1.29, 1.82) is 0 Å². The van der Waals surface area contributed by atoms with E-state index in [0.29, 0.717) is 18.3 Å². The highest BCUT2D eigenvalue weighted by molar-refractivity contribution is 7.80. The zero-order valence-corrected chi connectivity index (χ0v) is 14.1. The third-order valence-corrected chi connectivity index (χ3v) is 3.29. The summed E-state index contributed by atoms with van der Waals surface area (Å²) in [6, 6.07) is 7.70. The van der Waals surface area contributed by atoms with Gasteiger partial charge in [0.05, 0.1) is 6.61 Å². The summed E-state index contributed by atoms with van der Waals surface area (Å²) < 4.78 is 11.0. The Balaban J connectivity index is 0.00000361. The van der Waals surface area contributed by atoms with Gasteiger partial charge in [-0.3, -0.25) is 0 Å². The molecule has 20 heavy (non-hydrogen) atoms. The first-order valence-electron chi connectivity index (χ1n) is 6.83. The van der Waals surface area contributed by atoms with Gasteiger partial charge in [-0.2, -0.15) is 0 Å². The molecule has 0 amide bonds. The van der Waals surface area contributed by atoms with Crippen LogP contribution in [-0.4, -0.2) is 42.8 Å². The lowest BCUT2D eigenvalue weighted by atomic mass is 10.2. The summed E-state index contributed by atoms with van der Waals surface area (Å²) in [4.78, 5) is 2.31. The highest BCUT2D eigenvalue weighted by Crippen LogP contribution is 2.13. The maximum Gasteiger partial charge on any atom is 0.191 e. The molecular formula is C15H24ClNO2S. The van der Waals surface area contributed by atoms with Crippen LogP contribution in [0.2, 0.25) is 0 Å². The van der Waals surface area contributed by atoms with Gasteiger partial charge < -0.3 is 14.4 Å². The van der Waals surface area contributed by atoms with E-state index in [1.807, 2.05) is 31.2 Å². The average molecular weight is 318 g/mol. The van der Waals surface area contributed by atoms with Crippen molar-refractivity contribution in [3.8, 4) is 5.75 Å². The molecule has 0 aliphatic heterocycles. The number of ether oxygens (including phenoxy) is 2. The normalized spacial score (nSPS) is 10.0. The third-order valence-electron chi connectivity index (χ3n) is 2.94. The van der Waals surface area contributed by atoms with Gasteiger partial charge in [-0.25, -0.2) is 0 Å². The molecule has 0 N–H and O–H groups in total. The van der Waals surface area contributed by atoms with Crippen molar-refractivity contribution in [2.45, 2.75) is 20.8 Å². The molecule has 0 heterocycles. The smallest absolute Gasteiger partial charge is 0.191 e. The summed E-state index contributed by atoms with van der Waals surface area (Å²) in [6.45, 7) is 10.5. The molecule has 114 valence electrons. The molecule has 0 atom stereocenters. The predicted octanol–water partition coefficient (Wildman–Crippen LogP) is 3.54. The van der Waals surface area contributed by atoms with Crippen molar-refractivity contribution < 1.29 is 9.47 Å². The van der Waals surface area contributed by atoms with E-state index < -0.39 is 0 Å². The summed E-state index contributed by atoms with van der Waals surface area (Å²) in [5, 5.41) is 0.551. The second-order valence-corrected chi connectivity index (χ2v) is 4.49. The van der Waals surface area contributed by atoms with Crippen LogP contribution in [0.5, 0.6) is 5.75 Å². The van der Waals surface area contributed by atoms with Crippen LogP contribution in [0, 0.1) is 0 Å². The lowest BCUT2D eigenvalue weighted by Crippen LogP contribution is -2.27. The van der Waals surface area contributed by atoms with Crippen LogP contribution < -0.4 is 4.74 Å². The second kappa shape index (κ2) is 10.9. The van der Waals surface area contributed by atoms with Crippen LogP contribution in [0.4, 0.5) is 0 Å². The number of hydrogen-bond acceptors (Lipinski definition) is 4. The molecule has 1 aromatic carbocycles. The fourth-order valence-corrected chi connectivity index (χ4v) is 1.96. The highest BCUT2D eigenvalue weighted by Gasteiger charge is 2.04. The van der Waals surface area contributed by atoms with E-state index in [9.17, 15) is 0 Å². The van der Waals surface area contributed by atoms with Gasteiger partial charge in [0.1, 0.15) is 12.4 Å². The lowest BCUT2D eigenvalue weighted by Gasteiger charge is -2.18. The third kappa shape index (κ3) is 6.55. The molecule has 0 saturated carbocycles. The fraction of sp³-hybridized carbons (Fsp3) is 0.533. The largest absolute Gasteiger partial charge is 0.494 e. The van der Waals surface area contributed by atoms with E-state index in [4.69, 9.17) is 21.7 Å². The maximum absolute atomic E-state index is 5.61. The Kier molecular flexibility index (Phi) is 10.4. The first-order valence-corrected chi connectivity index (χ1v) is 7.24. The van der Waals surface area contributed by atoms with Crippen molar-refractivity contribution in [3.05, 3.63) is 29.8 Å². The molecule has 1 aromatic rings. The van der Waals surface area contributed by atoms with Crippen molar-refractivity contribution in [2.75, 3.05) is 32.8 Å². The first kappa shape index (κ1) is 19.2. The van der Waals surface area contributed by atoms with Crippen LogP contribution in [0.1, 0.15) is 26.3 Å². The van der Waals surface area contributed by atoms with E-state index in [1.54, 1.807) is 0 Å². The molecule has 0 aromatic heterocycles. The Morgan fingerprint density at radius 3 is 2.20 bits per heavy atom. The molecule has 0 aliphatic carbocycles. The molecular weight excluding hydrogens is 294 g/mol. The van der Waals surface area contributed by atoms with Gasteiger partial charge in [-0.05, 0) is 56.5 Å². The van der Waals surface area contributed by atoms with Crippen molar-refractivity contribution in [1.82, 2.24) is 4.90 Å². The minimum absolute atomic E-state index is 0. The fourth-order valence-electron chi connectivity index (χ4n) is 1.74. The van der Waals surface area contributed by atoms with Gasteiger partial charge >= 0.3 is 0 Å². The number of halogens is 1. The lowest BCUT2D eigenvalue weighted by molar-refractivity contribution is 0.219. The molecule has 0 aliphatic rings. The molecule has 0 radical (unpaired) electrons. The quantitative estimate of drug-likeness (QED) is 0.684. The van der Waals surface area contributed by atoms with Crippen LogP contribution in [-0.2, 0) is 4.74 Å². The Bertz CT molecular complexity index is 380. The van der Waals surface area contributed by atoms with Gasteiger partial charge in [0.2, 0.25) is 0 Å². The van der Waals surface area contributed by atoms with Gasteiger partial charge in [0.15, 0.2) is 5.05 Å². The topological polar surface area (TPSA) is 21.7 Å². The summed E-state index contributed by atoms with van der Waals surface area (Å²) in [7, 11) is 0. The van der Waals surface area contributed by atoms with Crippen LogP contribution in [0.15, 0.2) is 24.3 Å². The summed E-state index contributed by atoms with van der Waals surface area (Å²) in [5.41, 5.74) is 0.929. The van der Waals surface area contributed by atoms with Crippen molar-refractivity contribution >= 4 is 29.7 Å².